The number of benzene rings is 2. The normalized spacial score (nSPS) is 14.1. The van der Waals surface area contributed by atoms with E-state index in [1.54, 1.807) is 12.1 Å². The van der Waals surface area contributed by atoms with E-state index in [9.17, 15) is 13.6 Å². The van der Waals surface area contributed by atoms with Crippen molar-refractivity contribution in [3.63, 3.8) is 0 Å². The Balaban J connectivity index is 2.16. The Morgan fingerprint density at radius 1 is 1.13 bits per heavy atom. The molecule has 0 radical (unpaired) electrons. The van der Waals surface area contributed by atoms with Crippen LogP contribution in [-0.2, 0) is 0 Å². The van der Waals surface area contributed by atoms with E-state index in [2.05, 4.69) is 0 Å². The van der Waals surface area contributed by atoms with Crippen LogP contribution in [0, 0.1) is 11.6 Å². The van der Waals surface area contributed by atoms with Crippen LogP contribution in [0.1, 0.15) is 48.5 Å². The predicted octanol–water partition coefficient (Wildman–Crippen LogP) is 5.11. The summed E-state index contributed by atoms with van der Waals surface area (Å²) < 4.78 is 32.5. The molecule has 0 unspecified atom stereocenters. The molecule has 2 aromatic carbocycles. The van der Waals surface area contributed by atoms with Crippen molar-refractivity contribution in [1.82, 2.24) is 0 Å². The quantitative estimate of drug-likeness (QED) is 0.717. The molecule has 2 nitrogen and oxygen atoms in total. The molecule has 0 aromatic heterocycles. The van der Waals surface area contributed by atoms with Gasteiger partial charge in [0.1, 0.15) is 5.75 Å². The van der Waals surface area contributed by atoms with E-state index in [0.29, 0.717) is 22.8 Å². The van der Waals surface area contributed by atoms with E-state index in [1.165, 1.54) is 6.07 Å². The summed E-state index contributed by atoms with van der Waals surface area (Å²) in [6, 6.07) is 7.46. The van der Waals surface area contributed by atoms with Gasteiger partial charge in [-0.2, -0.15) is 0 Å². The summed E-state index contributed by atoms with van der Waals surface area (Å²) in [6.07, 6.45) is 2.77. The van der Waals surface area contributed by atoms with Gasteiger partial charge in [-0.1, -0.05) is 6.07 Å². The van der Waals surface area contributed by atoms with Gasteiger partial charge in [0, 0.05) is 0 Å². The second-order valence-electron chi connectivity index (χ2n) is 6.16. The molecular weight excluding hydrogens is 298 g/mol. The molecule has 1 aliphatic carbocycles. The lowest BCUT2D eigenvalue weighted by Crippen LogP contribution is -2.08. The molecule has 3 rings (SSSR count). The van der Waals surface area contributed by atoms with E-state index < -0.39 is 11.6 Å². The Hall–Kier alpha value is -2.23. The van der Waals surface area contributed by atoms with Crippen molar-refractivity contribution in [2.45, 2.75) is 38.7 Å². The van der Waals surface area contributed by atoms with Gasteiger partial charge in [-0.25, -0.2) is 8.78 Å². The molecule has 0 amide bonds. The van der Waals surface area contributed by atoms with Crippen LogP contribution in [0.25, 0.3) is 11.1 Å². The zero-order valence-corrected chi connectivity index (χ0v) is 13.1. The number of carbonyl (C=O) groups excluding carboxylic acids is 1. The van der Waals surface area contributed by atoms with Crippen LogP contribution in [0.5, 0.6) is 5.75 Å². The molecule has 0 saturated heterocycles. The number of halogens is 2. The molecule has 1 saturated carbocycles. The highest BCUT2D eigenvalue weighted by atomic mass is 19.2. The number of ether oxygens (including phenoxy) is 1. The molecule has 120 valence electrons. The Kier molecular flexibility index (Phi) is 4.16. The van der Waals surface area contributed by atoms with Gasteiger partial charge in [0.25, 0.3) is 0 Å². The first-order valence-corrected chi connectivity index (χ1v) is 7.74. The molecule has 0 atom stereocenters. The lowest BCUT2D eigenvalue weighted by atomic mass is 9.94. The maximum Gasteiger partial charge on any atom is 0.159 e. The Bertz CT molecular complexity index is 749. The number of hydrogen-bond acceptors (Lipinski definition) is 2. The summed E-state index contributed by atoms with van der Waals surface area (Å²) in [7, 11) is 0. The first-order chi connectivity index (χ1) is 11.0. The average Bonchev–Trinajstić information content (AvgIpc) is 3.34. The third kappa shape index (κ3) is 3.26. The first-order valence-electron chi connectivity index (χ1n) is 7.74. The van der Waals surface area contributed by atoms with Crippen molar-refractivity contribution >= 4 is 6.29 Å². The summed E-state index contributed by atoms with van der Waals surface area (Å²) in [5, 5.41) is 0. The van der Waals surface area contributed by atoms with Crippen LogP contribution in [-0.4, -0.2) is 12.4 Å². The average molecular weight is 316 g/mol. The van der Waals surface area contributed by atoms with Gasteiger partial charge in [0.05, 0.1) is 11.7 Å². The second kappa shape index (κ2) is 6.11. The summed E-state index contributed by atoms with van der Waals surface area (Å²) in [4.78, 5) is 11.4. The van der Waals surface area contributed by atoms with E-state index in [-0.39, 0.29) is 6.10 Å². The standard InChI is InChI=1S/C19H18F2O2/c1-11(2)23-19-9-16(13-5-6-17(20)18(21)8-13)15(12-3-4-12)7-14(19)10-22/h5-12H,3-4H2,1-2H3. The van der Waals surface area contributed by atoms with Crippen molar-refractivity contribution in [2.24, 2.45) is 0 Å². The van der Waals surface area contributed by atoms with Crippen molar-refractivity contribution in [3.8, 4) is 16.9 Å². The van der Waals surface area contributed by atoms with Crippen molar-refractivity contribution < 1.29 is 18.3 Å². The van der Waals surface area contributed by atoms with Crippen molar-refractivity contribution in [2.75, 3.05) is 0 Å². The molecular formula is C19H18F2O2. The molecule has 0 aliphatic heterocycles. The van der Waals surface area contributed by atoms with Gasteiger partial charge in [0.2, 0.25) is 0 Å². The molecule has 0 N–H and O–H groups in total. The Morgan fingerprint density at radius 3 is 2.43 bits per heavy atom. The largest absolute Gasteiger partial charge is 0.490 e. The summed E-state index contributed by atoms with van der Waals surface area (Å²) in [6.45, 7) is 3.75. The minimum Gasteiger partial charge on any atom is -0.490 e. The fourth-order valence-electron chi connectivity index (χ4n) is 2.71. The van der Waals surface area contributed by atoms with Crippen LogP contribution >= 0.6 is 0 Å². The third-order valence-electron chi connectivity index (χ3n) is 3.92. The van der Waals surface area contributed by atoms with Crippen molar-refractivity contribution in [1.29, 1.82) is 0 Å². The van der Waals surface area contributed by atoms with Gasteiger partial charge in [-0.05, 0) is 73.6 Å². The van der Waals surface area contributed by atoms with Crippen LogP contribution < -0.4 is 4.74 Å². The molecule has 2 aromatic rings. The van der Waals surface area contributed by atoms with E-state index in [0.717, 1.165) is 36.3 Å². The van der Waals surface area contributed by atoms with Gasteiger partial charge in [0.15, 0.2) is 17.9 Å². The molecule has 23 heavy (non-hydrogen) atoms. The molecule has 1 aliphatic rings. The van der Waals surface area contributed by atoms with Crippen LogP contribution in [0.4, 0.5) is 8.78 Å². The molecule has 1 fully saturated rings. The highest BCUT2D eigenvalue weighted by Gasteiger charge is 2.28. The zero-order valence-electron chi connectivity index (χ0n) is 13.1. The maximum absolute atomic E-state index is 13.6. The Morgan fingerprint density at radius 2 is 1.87 bits per heavy atom. The number of aldehydes is 1. The maximum atomic E-state index is 13.6. The predicted molar refractivity (Wildman–Crippen MR) is 84.9 cm³/mol. The van der Waals surface area contributed by atoms with E-state index in [4.69, 9.17) is 4.74 Å². The highest BCUT2D eigenvalue weighted by Crippen LogP contribution is 2.46. The Labute approximate surface area is 134 Å². The van der Waals surface area contributed by atoms with Crippen LogP contribution in [0.3, 0.4) is 0 Å². The van der Waals surface area contributed by atoms with Crippen molar-refractivity contribution in [3.05, 3.63) is 53.1 Å². The number of rotatable bonds is 5. The molecule has 4 heteroatoms. The van der Waals surface area contributed by atoms with Gasteiger partial charge in [-0.3, -0.25) is 4.79 Å². The molecule has 0 spiro atoms. The minimum absolute atomic E-state index is 0.0849. The van der Waals surface area contributed by atoms with Gasteiger partial charge in [-0.15, -0.1) is 0 Å². The van der Waals surface area contributed by atoms with Gasteiger partial charge < -0.3 is 4.74 Å². The smallest absolute Gasteiger partial charge is 0.159 e. The second-order valence-corrected chi connectivity index (χ2v) is 6.16. The summed E-state index contributed by atoms with van der Waals surface area (Å²) in [5.41, 5.74) is 2.88. The number of carbonyl (C=O) groups is 1. The minimum atomic E-state index is -0.880. The summed E-state index contributed by atoms with van der Waals surface area (Å²) >= 11 is 0. The van der Waals surface area contributed by atoms with Gasteiger partial charge >= 0.3 is 0 Å². The molecule has 0 bridgehead atoms. The zero-order chi connectivity index (χ0) is 16.6. The third-order valence-corrected chi connectivity index (χ3v) is 3.92. The number of hydrogen-bond donors (Lipinski definition) is 0. The SMILES string of the molecule is CC(C)Oc1cc(-c2ccc(F)c(F)c2)c(C2CC2)cc1C=O. The van der Waals surface area contributed by atoms with E-state index >= 15 is 0 Å². The topological polar surface area (TPSA) is 26.3 Å². The summed E-state index contributed by atoms with van der Waals surface area (Å²) in [5.74, 6) is -0.913. The first kappa shape index (κ1) is 15.7. The van der Waals surface area contributed by atoms with E-state index in [1.807, 2.05) is 19.9 Å². The highest BCUT2D eigenvalue weighted by molar-refractivity contribution is 5.84. The van der Waals surface area contributed by atoms with Crippen LogP contribution in [0.15, 0.2) is 30.3 Å². The lowest BCUT2D eigenvalue weighted by molar-refractivity contribution is 0.111. The molecule has 0 heterocycles. The fraction of sp³-hybridized carbons (Fsp3) is 0.316. The monoisotopic (exact) mass is 316 g/mol. The lowest BCUT2D eigenvalue weighted by Gasteiger charge is -2.17. The van der Waals surface area contributed by atoms with Crippen LogP contribution in [0.2, 0.25) is 0 Å². The fourth-order valence-corrected chi connectivity index (χ4v) is 2.71.